The third kappa shape index (κ3) is 9.79. The van der Waals surface area contributed by atoms with Crippen LogP contribution in [-0.4, -0.2) is 11.8 Å². The van der Waals surface area contributed by atoms with Gasteiger partial charge in [0.2, 0.25) is 0 Å². The molecule has 0 aliphatic rings. The van der Waals surface area contributed by atoms with Crippen LogP contribution in [0.15, 0.2) is 159 Å². The Morgan fingerprint density at radius 2 is 0.902 bits per heavy atom. The summed E-state index contributed by atoms with van der Waals surface area (Å²) >= 11 is 1.73. The van der Waals surface area contributed by atoms with Crippen molar-refractivity contribution in [2.75, 3.05) is 11.5 Å². The number of hydrogen-bond acceptors (Lipinski definition) is 3. The van der Waals surface area contributed by atoms with Crippen LogP contribution in [0.1, 0.15) is 47.6 Å². The highest BCUT2D eigenvalue weighted by Crippen LogP contribution is 2.32. The number of hydrogen-bond donors (Lipinski definition) is 2. The van der Waals surface area contributed by atoms with E-state index in [2.05, 4.69) is 141 Å². The first kappa shape index (κ1) is 35.7. The zero-order chi connectivity index (χ0) is 35.6. The van der Waals surface area contributed by atoms with Crippen LogP contribution in [0.4, 0.5) is 5.69 Å². The molecule has 6 aromatic carbocycles. The molecule has 0 aliphatic carbocycles. The summed E-state index contributed by atoms with van der Waals surface area (Å²) in [6.45, 7) is 10.9. The van der Waals surface area contributed by atoms with Crippen LogP contribution in [0.3, 0.4) is 0 Å². The van der Waals surface area contributed by atoms with Gasteiger partial charge in [0.25, 0.3) is 0 Å². The van der Waals surface area contributed by atoms with Crippen LogP contribution < -0.4 is 11.5 Å². The maximum atomic E-state index is 6.63. The van der Waals surface area contributed by atoms with Crippen molar-refractivity contribution in [2.45, 2.75) is 45.1 Å². The van der Waals surface area contributed by atoms with E-state index in [1.165, 1.54) is 57.3 Å². The van der Waals surface area contributed by atoms with Gasteiger partial charge in [-0.05, 0) is 105 Å². The molecular weight excluding hydrogens is 637 g/mol. The van der Waals surface area contributed by atoms with E-state index < -0.39 is 0 Å². The molecule has 256 valence electrons. The van der Waals surface area contributed by atoms with E-state index in [0.717, 1.165) is 57.9 Å². The lowest BCUT2D eigenvalue weighted by molar-refractivity contribution is 0.665. The van der Waals surface area contributed by atoms with E-state index >= 15 is 0 Å². The first-order valence-corrected chi connectivity index (χ1v) is 18.9. The van der Waals surface area contributed by atoms with Gasteiger partial charge in [0.15, 0.2) is 0 Å². The fourth-order valence-corrected chi connectivity index (χ4v) is 7.17. The van der Waals surface area contributed by atoms with Gasteiger partial charge >= 0.3 is 0 Å². The topological polar surface area (TPSA) is 52.0 Å². The van der Waals surface area contributed by atoms with Crippen molar-refractivity contribution in [3.63, 3.8) is 0 Å². The van der Waals surface area contributed by atoms with Gasteiger partial charge in [-0.3, -0.25) is 0 Å². The molecule has 0 saturated heterocycles. The summed E-state index contributed by atoms with van der Waals surface area (Å²) in [5.74, 6) is 0.782. The number of rotatable bonds is 15. The molecule has 0 heterocycles. The lowest BCUT2D eigenvalue weighted by Gasteiger charge is -2.13. The molecule has 0 saturated carbocycles. The number of aryl methyl sites for hydroxylation is 1. The highest BCUT2D eigenvalue weighted by atomic mass is 32.2. The Kier molecular flexibility index (Phi) is 12.1. The van der Waals surface area contributed by atoms with Crippen molar-refractivity contribution in [3.8, 4) is 33.4 Å². The van der Waals surface area contributed by atoms with Gasteiger partial charge < -0.3 is 11.5 Å². The zero-order valence-electron chi connectivity index (χ0n) is 29.7. The summed E-state index contributed by atoms with van der Waals surface area (Å²) in [6.07, 6.45) is 5.32. The molecule has 6 rings (SSSR count). The standard InChI is InChI=1S/C48H48N2S/c1-4-5-6-36-7-13-41(14-8-36)42-15-9-37(10-16-42)31-48(50)32-38-11-17-43(18-12-38)45-25-21-40(22-26-45)35(3)51-33-34(2)39-19-23-44(24-20-39)46-27-29-47(49)30-28-46/h7-30,48H,2-6,31-33,49-50H2,1H3. The molecule has 4 N–H and O–H groups in total. The highest BCUT2D eigenvalue weighted by molar-refractivity contribution is 8.08. The van der Waals surface area contributed by atoms with Gasteiger partial charge in [0, 0.05) is 22.4 Å². The molecule has 0 amide bonds. The number of thioether (sulfide) groups is 1. The van der Waals surface area contributed by atoms with Gasteiger partial charge in [-0.1, -0.05) is 160 Å². The Bertz CT molecular complexity index is 2020. The van der Waals surface area contributed by atoms with Crippen LogP contribution in [0.2, 0.25) is 0 Å². The second-order valence-electron chi connectivity index (χ2n) is 13.5. The summed E-state index contributed by atoms with van der Waals surface area (Å²) in [5.41, 5.74) is 27.8. The fraction of sp³-hybridized carbons (Fsp3) is 0.167. The van der Waals surface area contributed by atoms with Crippen LogP contribution >= 0.6 is 11.8 Å². The van der Waals surface area contributed by atoms with Crippen LogP contribution in [0.5, 0.6) is 0 Å². The van der Waals surface area contributed by atoms with Gasteiger partial charge in [0.1, 0.15) is 0 Å². The smallest absolute Gasteiger partial charge is 0.0314 e. The second-order valence-corrected chi connectivity index (χ2v) is 14.5. The Labute approximate surface area is 309 Å². The highest BCUT2D eigenvalue weighted by Gasteiger charge is 2.09. The van der Waals surface area contributed by atoms with Crippen molar-refractivity contribution >= 4 is 27.9 Å². The molecule has 51 heavy (non-hydrogen) atoms. The molecular formula is C48H48N2S. The summed E-state index contributed by atoms with van der Waals surface area (Å²) < 4.78 is 0. The van der Waals surface area contributed by atoms with Crippen LogP contribution in [0, 0.1) is 0 Å². The normalized spacial score (nSPS) is 11.6. The third-order valence-corrected chi connectivity index (χ3v) is 10.6. The predicted molar refractivity (Wildman–Crippen MR) is 225 cm³/mol. The molecule has 1 atom stereocenters. The Balaban J connectivity index is 0.965. The van der Waals surface area contributed by atoms with Crippen molar-refractivity contribution in [2.24, 2.45) is 5.73 Å². The molecule has 0 spiro atoms. The largest absolute Gasteiger partial charge is 0.399 e. The number of benzene rings is 6. The Morgan fingerprint density at radius 1 is 0.529 bits per heavy atom. The maximum Gasteiger partial charge on any atom is 0.0314 e. The van der Waals surface area contributed by atoms with E-state index in [4.69, 9.17) is 11.5 Å². The first-order valence-electron chi connectivity index (χ1n) is 17.9. The van der Waals surface area contributed by atoms with Gasteiger partial charge in [-0.25, -0.2) is 0 Å². The molecule has 0 radical (unpaired) electrons. The zero-order valence-corrected chi connectivity index (χ0v) is 30.5. The SMILES string of the molecule is C=C(CSC(=C)c1ccc(-c2ccc(CC(N)Cc3ccc(-c4ccc(CCCC)cc4)cc3)cc2)cc1)c1ccc(-c2ccc(N)cc2)cc1. The summed E-state index contributed by atoms with van der Waals surface area (Å²) in [6, 6.07) is 51.9. The molecule has 0 aliphatic heterocycles. The third-order valence-electron chi connectivity index (χ3n) is 9.51. The van der Waals surface area contributed by atoms with Crippen molar-refractivity contribution < 1.29 is 0 Å². The number of nitrogen functional groups attached to an aromatic ring is 1. The quantitative estimate of drug-likeness (QED) is 0.106. The van der Waals surface area contributed by atoms with E-state index in [9.17, 15) is 0 Å². The number of nitrogens with two attached hydrogens (primary N) is 2. The average molecular weight is 685 g/mol. The molecule has 2 nitrogen and oxygen atoms in total. The van der Waals surface area contributed by atoms with Crippen molar-refractivity contribution in [1.29, 1.82) is 0 Å². The van der Waals surface area contributed by atoms with Crippen molar-refractivity contribution in [3.05, 3.63) is 187 Å². The summed E-state index contributed by atoms with van der Waals surface area (Å²) in [4.78, 5) is 1.04. The number of unbranched alkanes of at least 4 members (excludes halogenated alkanes) is 1. The van der Waals surface area contributed by atoms with Gasteiger partial charge in [-0.2, -0.15) is 0 Å². The van der Waals surface area contributed by atoms with Crippen LogP contribution in [0.25, 0.3) is 43.9 Å². The minimum absolute atomic E-state index is 0.0624. The van der Waals surface area contributed by atoms with E-state index in [1.54, 1.807) is 11.8 Å². The first-order chi connectivity index (χ1) is 24.8. The van der Waals surface area contributed by atoms with Gasteiger partial charge in [0.05, 0.1) is 0 Å². The second kappa shape index (κ2) is 17.2. The lowest BCUT2D eigenvalue weighted by atomic mass is 9.96. The minimum Gasteiger partial charge on any atom is -0.399 e. The van der Waals surface area contributed by atoms with E-state index in [0.29, 0.717) is 0 Å². The summed E-state index contributed by atoms with van der Waals surface area (Å²) in [7, 11) is 0. The van der Waals surface area contributed by atoms with Gasteiger partial charge in [-0.15, -0.1) is 11.8 Å². The average Bonchev–Trinajstić information content (AvgIpc) is 3.17. The molecule has 0 bridgehead atoms. The molecule has 6 aromatic rings. The Hall–Kier alpha value is -5.09. The lowest BCUT2D eigenvalue weighted by Crippen LogP contribution is -2.25. The van der Waals surface area contributed by atoms with Crippen LogP contribution in [-0.2, 0) is 19.3 Å². The predicted octanol–water partition coefficient (Wildman–Crippen LogP) is 12.1. The van der Waals surface area contributed by atoms with Crippen molar-refractivity contribution in [1.82, 2.24) is 0 Å². The van der Waals surface area contributed by atoms with E-state index in [-0.39, 0.29) is 6.04 Å². The fourth-order valence-electron chi connectivity index (χ4n) is 6.35. The molecule has 3 heteroatoms. The monoisotopic (exact) mass is 684 g/mol. The minimum atomic E-state index is 0.0624. The molecule has 0 aromatic heterocycles. The molecule has 0 fully saturated rings. The maximum absolute atomic E-state index is 6.63. The van der Waals surface area contributed by atoms with E-state index in [1.807, 2.05) is 24.3 Å². The molecule has 1 unspecified atom stereocenters. The summed E-state index contributed by atoms with van der Waals surface area (Å²) in [5, 5.41) is 0. The Morgan fingerprint density at radius 3 is 1.33 bits per heavy atom. The number of anilines is 1.